The zero-order valence-corrected chi connectivity index (χ0v) is 23.6. The molecule has 8 heteroatoms. The minimum atomic E-state index is -1.07. The maximum Gasteiger partial charge on any atom is 0.262 e. The van der Waals surface area contributed by atoms with E-state index in [1.807, 2.05) is 46.7 Å². The number of rotatable bonds is 6. The molecule has 2 aromatic carbocycles. The van der Waals surface area contributed by atoms with E-state index in [4.69, 9.17) is 11.6 Å². The highest BCUT2D eigenvalue weighted by molar-refractivity contribution is 7.15. The van der Waals surface area contributed by atoms with Crippen molar-refractivity contribution < 1.29 is 9.90 Å². The van der Waals surface area contributed by atoms with Crippen LogP contribution < -0.4 is 5.56 Å². The second-order valence-electron chi connectivity index (χ2n) is 11.0. The molecule has 39 heavy (non-hydrogen) atoms. The average molecular weight is 562 g/mol. The second kappa shape index (κ2) is 10.5. The van der Waals surface area contributed by atoms with E-state index in [1.165, 1.54) is 27.0 Å². The molecule has 1 fully saturated rings. The Morgan fingerprint density at radius 3 is 2.69 bits per heavy atom. The zero-order chi connectivity index (χ0) is 27.1. The summed E-state index contributed by atoms with van der Waals surface area (Å²) in [5.74, 6) is 0.239. The second-order valence-corrected chi connectivity index (χ2v) is 12.3. The molecule has 0 radical (unpaired) electrons. The van der Waals surface area contributed by atoms with Crippen LogP contribution in [0, 0.1) is 0 Å². The minimum absolute atomic E-state index is 0.102. The van der Waals surface area contributed by atoms with Crippen molar-refractivity contribution in [2.45, 2.75) is 63.5 Å². The van der Waals surface area contributed by atoms with Crippen molar-refractivity contribution in [3.8, 4) is 10.4 Å². The van der Waals surface area contributed by atoms with Crippen molar-refractivity contribution in [2.24, 2.45) is 0 Å². The number of piperidine rings is 1. The maximum absolute atomic E-state index is 13.4. The van der Waals surface area contributed by atoms with Crippen LogP contribution in [-0.4, -0.2) is 44.2 Å². The van der Waals surface area contributed by atoms with Crippen molar-refractivity contribution in [2.75, 3.05) is 13.1 Å². The Kier molecular flexibility index (Phi) is 7.08. The SMILES string of the molecule is C[C@H](CC(=O)N1CCC(O)(Cn2cnc3c(-c4ccc5c(c4Cl)CCC5)scc3c2=O)CC1)c1ccccc1. The lowest BCUT2D eigenvalue weighted by Gasteiger charge is -2.38. The molecule has 1 saturated heterocycles. The van der Waals surface area contributed by atoms with Gasteiger partial charge in [-0.1, -0.05) is 61.0 Å². The van der Waals surface area contributed by atoms with Gasteiger partial charge in [-0.05, 0) is 54.7 Å². The highest BCUT2D eigenvalue weighted by Crippen LogP contribution is 2.41. The van der Waals surface area contributed by atoms with Gasteiger partial charge in [0.05, 0.1) is 39.3 Å². The molecule has 1 aliphatic carbocycles. The quantitative estimate of drug-likeness (QED) is 0.322. The van der Waals surface area contributed by atoms with Gasteiger partial charge in [0.15, 0.2) is 0 Å². The number of hydrogen-bond acceptors (Lipinski definition) is 5. The number of aliphatic hydroxyl groups is 1. The number of likely N-dealkylation sites (tertiary alicyclic amines) is 1. The summed E-state index contributed by atoms with van der Waals surface area (Å²) < 4.78 is 1.51. The Labute approximate surface area is 236 Å². The number of fused-ring (bicyclic) bond motifs is 2. The Hall–Kier alpha value is -3.00. The minimum Gasteiger partial charge on any atom is -0.388 e. The van der Waals surface area contributed by atoms with Crippen LogP contribution in [0.1, 0.15) is 55.2 Å². The van der Waals surface area contributed by atoms with Crippen molar-refractivity contribution >= 4 is 39.7 Å². The first-order valence-electron chi connectivity index (χ1n) is 13.7. The number of benzene rings is 2. The molecule has 1 atom stereocenters. The molecule has 3 heterocycles. The van der Waals surface area contributed by atoms with Gasteiger partial charge in [0.1, 0.15) is 0 Å². The number of hydrogen-bond donors (Lipinski definition) is 1. The first-order chi connectivity index (χ1) is 18.8. The van der Waals surface area contributed by atoms with Crippen LogP contribution in [0.4, 0.5) is 0 Å². The van der Waals surface area contributed by atoms with Crippen LogP contribution in [0.5, 0.6) is 0 Å². The van der Waals surface area contributed by atoms with Crippen LogP contribution in [0.25, 0.3) is 21.3 Å². The smallest absolute Gasteiger partial charge is 0.262 e. The van der Waals surface area contributed by atoms with Gasteiger partial charge in [0.25, 0.3) is 5.56 Å². The summed E-state index contributed by atoms with van der Waals surface area (Å²) in [5, 5.41) is 14.5. The van der Waals surface area contributed by atoms with E-state index in [1.54, 1.807) is 6.33 Å². The van der Waals surface area contributed by atoms with E-state index in [2.05, 4.69) is 18.0 Å². The lowest BCUT2D eigenvalue weighted by molar-refractivity contribution is -0.136. The maximum atomic E-state index is 13.4. The summed E-state index contributed by atoms with van der Waals surface area (Å²) in [6.45, 7) is 3.17. The van der Waals surface area contributed by atoms with Crippen LogP contribution in [0.2, 0.25) is 5.02 Å². The molecule has 1 amide bonds. The Bertz CT molecular complexity index is 1590. The molecule has 6 rings (SSSR count). The number of thiophene rings is 1. The Balaban J connectivity index is 1.15. The standard InChI is InChI=1S/C31H32ClN3O3S/c1-20(21-6-3-2-4-7-21)16-26(36)34-14-12-31(38,13-15-34)18-35-19-33-28-25(30(35)37)17-39-29(28)24-11-10-22-8-5-9-23(22)27(24)32/h2-4,6-7,10-11,17,19-20,38H,5,8-9,12-16,18H2,1H3/t20-/m1/s1. The van der Waals surface area contributed by atoms with Crippen LogP contribution in [0.3, 0.4) is 0 Å². The molecular weight excluding hydrogens is 530 g/mol. The van der Waals surface area contributed by atoms with E-state index >= 15 is 0 Å². The number of nitrogens with zero attached hydrogens (tertiary/aromatic N) is 3. The van der Waals surface area contributed by atoms with Gasteiger partial charge < -0.3 is 10.0 Å². The molecule has 2 aliphatic rings. The summed E-state index contributed by atoms with van der Waals surface area (Å²) in [5.41, 5.74) is 4.03. The third-order valence-electron chi connectivity index (χ3n) is 8.40. The number of carbonyl (C=O) groups excluding carboxylic acids is 1. The Morgan fingerprint density at radius 2 is 1.92 bits per heavy atom. The van der Waals surface area contributed by atoms with E-state index in [0.717, 1.165) is 40.3 Å². The average Bonchev–Trinajstić information content (AvgIpc) is 3.60. The van der Waals surface area contributed by atoms with Gasteiger partial charge in [0.2, 0.25) is 5.91 Å². The number of aryl methyl sites for hydroxylation is 1. The van der Waals surface area contributed by atoms with Gasteiger partial charge in [0, 0.05) is 30.5 Å². The number of halogens is 1. The number of amides is 1. The zero-order valence-electron chi connectivity index (χ0n) is 22.0. The molecule has 6 nitrogen and oxygen atoms in total. The lowest BCUT2D eigenvalue weighted by Crippen LogP contribution is -2.49. The molecule has 0 spiro atoms. The molecule has 4 aromatic rings. The monoisotopic (exact) mass is 561 g/mol. The molecule has 2 aromatic heterocycles. The van der Waals surface area contributed by atoms with Crippen molar-refractivity contribution in [3.63, 3.8) is 0 Å². The predicted octanol–water partition coefficient (Wildman–Crippen LogP) is 5.81. The molecule has 0 unspecified atom stereocenters. The molecule has 202 valence electrons. The first kappa shape index (κ1) is 26.2. The Morgan fingerprint density at radius 1 is 1.15 bits per heavy atom. The number of carbonyl (C=O) groups is 1. The van der Waals surface area contributed by atoms with Gasteiger partial charge >= 0.3 is 0 Å². The van der Waals surface area contributed by atoms with Gasteiger partial charge in [-0.3, -0.25) is 14.2 Å². The van der Waals surface area contributed by atoms with Crippen molar-refractivity contribution in [1.82, 2.24) is 14.5 Å². The summed E-state index contributed by atoms with van der Waals surface area (Å²) >= 11 is 8.27. The molecule has 1 aliphatic heterocycles. The molecule has 0 bridgehead atoms. The lowest BCUT2D eigenvalue weighted by atomic mass is 9.90. The largest absolute Gasteiger partial charge is 0.388 e. The predicted molar refractivity (Wildman–Crippen MR) is 157 cm³/mol. The number of aromatic nitrogens is 2. The van der Waals surface area contributed by atoms with Crippen molar-refractivity contribution in [3.05, 3.63) is 86.2 Å². The van der Waals surface area contributed by atoms with Crippen LogP contribution in [0.15, 0.2) is 59.0 Å². The summed E-state index contributed by atoms with van der Waals surface area (Å²) in [6, 6.07) is 14.2. The first-order valence-corrected chi connectivity index (χ1v) is 14.9. The molecule has 1 N–H and O–H groups in total. The normalized spacial score (nSPS) is 17.4. The highest BCUT2D eigenvalue weighted by Gasteiger charge is 2.35. The van der Waals surface area contributed by atoms with Gasteiger partial charge in [-0.2, -0.15) is 0 Å². The highest BCUT2D eigenvalue weighted by atomic mass is 35.5. The van der Waals surface area contributed by atoms with E-state index in [0.29, 0.717) is 43.3 Å². The molecular formula is C31H32ClN3O3S. The fraction of sp³-hybridized carbons (Fsp3) is 0.387. The topological polar surface area (TPSA) is 75.4 Å². The fourth-order valence-corrected chi connectivity index (χ4v) is 7.45. The van der Waals surface area contributed by atoms with Crippen LogP contribution >= 0.6 is 22.9 Å². The summed E-state index contributed by atoms with van der Waals surface area (Å²) in [7, 11) is 0. The fourth-order valence-electron chi connectivity index (χ4n) is 6.00. The van der Waals surface area contributed by atoms with Gasteiger partial charge in [-0.25, -0.2) is 4.98 Å². The van der Waals surface area contributed by atoms with Crippen LogP contribution in [-0.2, 0) is 24.2 Å². The van der Waals surface area contributed by atoms with E-state index in [9.17, 15) is 14.7 Å². The summed E-state index contributed by atoms with van der Waals surface area (Å²) in [6.07, 6.45) is 5.99. The van der Waals surface area contributed by atoms with E-state index < -0.39 is 5.60 Å². The molecule has 0 saturated carbocycles. The summed E-state index contributed by atoms with van der Waals surface area (Å²) in [4.78, 5) is 33.7. The third kappa shape index (κ3) is 5.04. The van der Waals surface area contributed by atoms with Crippen molar-refractivity contribution in [1.29, 1.82) is 0 Å². The third-order valence-corrected chi connectivity index (χ3v) is 9.84. The van der Waals surface area contributed by atoms with Gasteiger partial charge in [-0.15, -0.1) is 11.3 Å². The van der Waals surface area contributed by atoms with E-state index in [-0.39, 0.29) is 23.9 Å².